The molecule has 116 valence electrons. The van der Waals surface area contributed by atoms with Crippen molar-refractivity contribution in [3.05, 3.63) is 95.6 Å². The number of para-hydroxylation sites is 1. The molecule has 3 aromatic rings. The van der Waals surface area contributed by atoms with Crippen molar-refractivity contribution in [3.63, 3.8) is 0 Å². The molecule has 0 amide bonds. The predicted molar refractivity (Wildman–Crippen MR) is 92.7 cm³/mol. The molecule has 0 N–H and O–H groups in total. The van der Waals surface area contributed by atoms with Crippen molar-refractivity contribution in [1.82, 2.24) is 0 Å². The van der Waals surface area contributed by atoms with Crippen LogP contribution in [0.2, 0.25) is 0 Å². The van der Waals surface area contributed by atoms with Crippen LogP contribution in [-0.2, 0) is 13.2 Å². The molecule has 0 radical (unpaired) electrons. The fraction of sp³-hybridized carbons (Fsp3) is 0.143. The van der Waals surface area contributed by atoms with Gasteiger partial charge in [0.05, 0.1) is 0 Å². The van der Waals surface area contributed by atoms with Gasteiger partial charge in [-0.1, -0.05) is 54.6 Å². The molecular formula is C21H20O2. The molecular weight excluding hydrogens is 284 g/mol. The van der Waals surface area contributed by atoms with Crippen molar-refractivity contribution in [2.45, 2.75) is 20.1 Å². The topological polar surface area (TPSA) is 18.5 Å². The van der Waals surface area contributed by atoms with Crippen molar-refractivity contribution in [2.75, 3.05) is 0 Å². The highest BCUT2D eigenvalue weighted by atomic mass is 16.5. The van der Waals surface area contributed by atoms with Gasteiger partial charge in [-0.2, -0.15) is 0 Å². The van der Waals surface area contributed by atoms with Gasteiger partial charge in [0, 0.05) is 0 Å². The molecule has 2 nitrogen and oxygen atoms in total. The Morgan fingerprint density at radius 2 is 1.17 bits per heavy atom. The first-order valence-electron chi connectivity index (χ1n) is 7.75. The quantitative estimate of drug-likeness (QED) is 0.627. The molecule has 2 heteroatoms. The summed E-state index contributed by atoms with van der Waals surface area (Å²) in [7, 11) is 0. The van der Waals surface area contributed by atoms with Gasteiger partial charge >= 0.3 is 0 Å². The van der Waals surface area contributed by atoms with E-state index in [9.17, 15) is 0 Å². The lowest BCUT2D eigenvalue weighted by molar-refractivity contribution is 0.302. The minimum absolute atomic E-state index is 0.572. The minimum atomic E-state index is 0.572. The van der Waals surface area contributed by atoms with Crippen LogP contribution in [0.3, 0.4) is 0 Å². The van der Waals surface area contributed by atoms with E-state index in [1.54, 1.807) is 0 Å². The van der Waals surface area contributed by atoms with Crippen LogP contribution in [0.4, 0.5) is 0 Å². The molecule has 23 heavy (non-hydrogen) atoms. The Morgan fingerprint density at radius 1 is 0.609 bits per heavy atom. The molecule has 0 aromatic heterocycles. The van der Waals surface area contributed by atoms with Crippen LogP contribution in [0.15, 0.2) is 78.9 Å². The van der Waals surface area contributed by atoms with Crippen LogP contribution in [0, 0.1) is 6.92 Å². The van der Waals surface area contributed by atoms with Gasteiger partial charge in [-0.3, -0.25) is 0 Å². The molecule has 0 atom stereocenters. The van der Waals surface area contributed by atoms with Crippen molar-refractivity contribution >= 4 is 0 Å². The summed E-state index contributed by atoms with van der Waals surface area (Å²) in [4.78, 5) is 0. The normalized spacial score (nSPS) is 10.3. The van der Waals surface area contributed by atoms with Gasteiger partial charge < -0.3 is 9.47 Å². The highest BCUT2D eigenvalue weighted by molar-refractivity contribution is 5.28. The fourth-order valence-electron chi connectivity index (χ4n) is 2.29. The Hall–Kier alpha value is -2.74. The summed E-state index contributed by atoms with van der Waals surface area (Å²) in [6, 6.07) is 26.3. The minimum Gasteiger partial charge on any atom is -0.489 e. The van der Waals surface area contributed by atoms with Crippen molar-refractivity contribution in [1.29, 1.82) is 0 Å². The second kappa shape index (κ2) is 7.50. The van der Waals surface area contributed by atoms with E-state index in [1.807, 2.05) is 48.5 Å². The lowest BCUT2D eigenvalue weighted by Gasteiger charge is -2.09. The highest BCUT2D eigenvalue weighted by Crippen LogP contribution is 2.16. The Bertz CT molecular complexity index is 733. The lowest BCUT2D eigenvalue weighted by Crippen LogP contribution is -1.98. The maximum Gasteiger partial charge on any atom is 0.120 e. The predicted octanol–water partition coefficient (Wildman–Crippen LogP) is 5.15. The second-order valence-electron chi connectivity index (χ2n) is 5.52. The zero-order valence-corrected chi connectivity index (χ0v) is 13.2. The Morgan fingerprint density at radius 3 is 1.78 bits per heavy atom. The summed E-state index contributed by atoms with van der Waals surface area (Å²) in [6.07, 6.45) is 0. The lowest BCUT2D eigenvalue weighted by atomic mass is 10.1. The number of rotatable bonds is 6. The van der Waals surface area contributed by atoms with Crippen LogP contribution in [0.5, 0.6) is 11.5 Å². The van der Waals surface area contributed by atoms with Crippen LogP contribution in [0.1, 0.15) is 16.7 Å². The van der Waals surface area contributed by atoms with E-state index in [-0.39, 0.29) is 0 Å². The van der Waals surface area contributed by atoms with E-state index in [0.29, 0.717) is 13.2 Å². The fourth-order valence-corrected chi connectivity index (χ4v) is 2.29. The zero-order valence-electron chi connectivity index (χ0n) is 13.2. The zero-order chi connectivity index (χ0) is 15.9. The molecule has 0 saturated carbocycles. The van der Waals surface area contributed by atoms with Gasteiger partial charge in [-0.15, -0.1) is 0 Å². The van der Waals surface area contributed by atoms with Crippen molar-refractivity contribution in [2.24, 2.45) is 0 Å². The number of benzene rings is 3. The number of ether oxygens (including phenoxy) is 2. The summed E-state index contributed by atoms with van der Waals surface area (Å²) < 4.78 is 11.6. The third kappa shape index (κ3) is 4.62. The number of aryl methyl sites for hydroxylation is 1. The number of hydrogen-bond donors (Lipinski definition) is 0. The van der Waals surface area contributed by atoms with E-state index < -0.39 is 0 Å². The van der Waals surface area contributed by atoms with E-state index >= 15 is 0 Å². The maximum atomic E-state index is 5.81. The summed E-state index contributed by atoms with van der Waals surface area (Å²) in [5.74, 6) is 1.79. The van der Waals surface area contributed by atoms with E-state index in [0.717, 1.165) is 22.6 Å². The molecule has 0 fully saturated rings. The van der Waals surface area contributed by atoms with Gasteiger partial charge in [0.2, 0.25) is 0 Å². The van der Waals surface area contributed by atoms with E-state index in [1.165, 1.54) is 5.56 Å². The largest absolute Gasteiger partial charge is 0.489 e. The van der Waals surface area contributed by atoms with Crippen molar-refractivity contribution < 1.29 is 9.47 Å². The summed E-state index contributed by atoms with van der Waals surface area (Å²) in [6.45, 7) is 3.21. The molecule has 3 rings (SSSR count). The molecule has 0 bridgehead atoms. The SMILES string of the molecule is Cc1cccc(OCc2ccc(COc3ccccc3)cc2)c1. The van der Waals surface area contributed by atoms with Crippen LogP contribution in [-0.4, -0.2) is 0 Å². The Balaban J connectivity index is 1.52. The van der Waals surface area contributed by atoms with Gasteiger partial charge in [0.1, 0.15) is 24.7 Å². The Kier molecular flexibility index (Phi) is 4.95. The third-order valence-corrected chi connectivity index (χ3v) is 3.57. The molecule has 3 aromatic carbocycles. The van der Waals surface area contributed by atoms with Crippen molar-refractivity contribution in [3.8, 4) is 11.5 Å². The van der Waals surface area contributed by atoms with E-state index in [2.05, 4.69) is 37.3 Å². The smallest absolute Gasteiger partial charge is 0.120 e. The first-order valence-corrected chi connectivity index (χ1v) is 7.75. The Labute approximate surface area is 137 Å². The highest BCUT2D eigenvalue weighted by Gasteiger charge is 1.99. The average Bonchev–Trinajstić information content (AvgIpc) is 2.60. The molecule has 0 heterocycles. The third-order valence-electron chi connectivity index (χ3n) is 3.57. The molecule has 0 unspecified atom stereocenters. The number of hydrogen-bond acceptors (Lipinski definition) is 2. The first kappa shape index (κ1) is 15.2. The summed E-state index contributed by atoms with van der Waals surface area (Å²) in [5, 5.41) is 0. The van der Waals surface area contributed by atoms with Crippen LogP contribution < -0.4 is 9.47 Å². The molecule has 0 aliphatic heterocycles. The maximum absolute atomic E-state index is 5.81. The monoisotopic (exact) mass is 304 g/mol. The molecule has 0 aliphatic carbocycles. The second-order valence-corrected chi connectivity index (χ2v) is 5.52. The molecule has 0 spiro atoms. The van der Waals surface area contributed by atoms with Gasteiger partial charge in [0.15, 0.2) is 0 Å². The van der Waals surface area contributed by atoms with Gasteiger partial charge in [-0.05, 0) is 47.9 Å². The van der Waals surface area contributed by atoms with E-state index in [4.69, 9.17) is 9.47 Å². The summed E-state index contributed by atoms with van der Waals surface area (Å²) >= 11 is 0. The summed E-state index contributed by atoms with van der Waals surface area (Å²) in [5.41, 5.74) is 3.50. The first-order chi connectivity index (χ1) is 11.3. The van der Waals surface area contributed by atoms with Crippen LogP contribution in [0.25, 0.3) is 0 Å². The molecule has 0 saturated heterocycles. The average molecular weight is 304 g/mol. The molecule has 0 aliphatic rings. The van der Waals surface area contributed by atoms with Gasteiger partial charge in [-0.25, -0.2) is 0 Å². The standard InChI is InChI=1S/C21H20O2/c1-17-6-5-9-21(14-17)23-16-19-12-10-18(11-13-19)15-22-20-7-3-2-4-8-20/h2-14H,15-16H2,1H3. The van der Waals surface area contributed by atoms with Crippen LogP contribution >= 0.6 is 0 Å². The van der Waals surface area contributed by atoms with Gasteiger partial charge in [0.25, 0.3) is 0 Å².